The van der Waals surface area contributed by atoms with Crippen molar-refractivity contribution < 1.29 is 13.2 Å². The number of carbonyl (C=O) groups excluding carboxylic acids is 1. The molecule has 0 aliphatic rings. The van der Waals surface area contributed by atoms with Gasteiger partial charge < -0.3 is 0 Å². The van der Waals surface area contributed by atoms with Crippen molar-refractivity contribution in [1.29, 1.82) is 0 Å². The summed E-state index contributed by atoms with van der Waals surface area (Å²) >= 11 is 1.26. The van der Waals surface area contributed by atoms with Crippen molar-refractivity contribution in [2.75, 3.05) is 18.4 Å². The molecule has 2 rings (SSSR count). The van der Waals surface area contributed by atoms with E-state index in [-0.39, 0.29) is 4.90 Å². The lowest BCUT2D eigenvalue weighted by Gasteiger charge is -2.19. The molecule has 0 atom stereocenters. The molecular weight excluding hydrogens is 348 g/mol. The molecule has 0 aliphatic heterocycles. The smallest absolute Gasteiger partial charge is 0.257 e. The van der Waals surface area contributed by atoms with Gasteiger partial charge in [-0.1, -0.05) is 31.3 Å². The van der Waals surface area contributed by atoms with E-state index in [4.69, 9.17) is 0 Å². The van der Waals surface area contributed by atoms with E-state index in [0.717, 1.165) is 5.01 Å². The summed E-state index contributed by atoms with van der Waals surface area (Å²) in [6.45, 7) is 7.85. The van der Waals surface area contributed by atoms with E-state index in [0.29, 0.717) is 29.3 Å². The summed E-state index contributed by atoms with van der Waals surface area (Å²) in [6, 6.07) is 4.57. The predicted octanol–water partition coefficient (Wildman–Crippen LogP) is 2.44. The first-order chi connectivity index (χ1) is 11.3. The van der Waals surface area contributed by atoms with Gasteiger partial charge in [0.1, 0.15) is 5.01 Å². The summed E-state index contributed by atoms with van der Waals surface area (Å²) in [5.74, 6) is -0.403. The maximum atomic E-state index is 12.6. The van der Waals surface area contributed by atoms with Gasteiger partial charge in [0, 0.05) is 18.7 Å². The zero-order valence-corrected chi connectivity index (χ0v) is 15.7. The standard InChI is InChI=1S/C15H20N4O3S2/c1-5-19(6-2)24(21,22)12-8-7-10(3)13(9-12)14(20)16-15-18-17-11(4)23-15/h7-9H,5-6H2,1-4H3,(H,16,18,20). The Morgan fingerprint density at radius 3 is 2.42 bits per heavy atom. The Kier molecular flexibility index (Phi) is 5.68. The van der Waals surface area contributed by atoms with Crippen molar-refractivity contribution in [2.45, 2.75) is 32.6 Å². The molecule has 2 aromatic rings. The first-order valence-electron chi connectivity index (χ1n) is 7.51. The monoisotopic (exact) mass is 368 g/mol. The van der Waals surface area contributed by atoms with Crippen molar-refractivity contribution in [3.63, 3.8) is 0 Å². The molecule has 0 fully saturated rings. The molecule has 1 N–H and O–H groups in total. The molecule has 1 amide bonds. The van der Waals surface area contributed by atoms with Crippen LogP contribution in [0.15, 0.2) is 23.1 Å². The lowest BCUT2D eigenvalue weighted by Crippen LogP contribution is -2.30. The number of nitrogens with zero attached hydrogens (tertiary/aromatic N) is 3. The number of hydrogen-bond acceptors (Lipinski definition) is 6. The van der Waals surface area contributed by atoms with E-state index in [1.165, 1.54) is 27.8 Å². The van der Waals surface area contributed by atoms with E-state index in [9.17, 15) is 13.2 Å². The van der Waals surface area contributed by atoms with Crippen molar-refractivity contribution >= 4 is 32.4 Å². The summed E-state index contributed by atoms with van der Waals surface area (Å²) < 4.78 is 26.6. The average molecular weight is 368 g/mol. The normalized spacial score (nSPS) is 11.7. The minimum absolute atomic E-state index is 0.107. The van der Waals surface area contributed by atoms with Gasteiger partial charge >= 0.3 is 0 Å². The van der Waals surface area contributed by atoms with Crippen molar-refractivity contribution in [1.82, 2.24) is 14.5 Å². The van der Waals surface area contributed by atoms with Crippen molar-refractivity contribution in [3.8, 4) is 0 Å². The second-order valence-corrected chi connectivity index (χ2v) is 8.27. The van der Waals surface area contributed by atoms with E-state index >= 15 is 0 Å². The summed E-state index contributed by atoms with van der Waals surface area (Å²) in [6.07, 6.45) is 0. The summed E-state index contributed by atoms with van der Waals surface area (Å²) in [7, 11) is -3.61. The molecule has 7 nitrogen and oxygen atoms in total. The zero-order valence-electron chi connectivity index (χ0n) is 14.0. The van der Waals surface area contributed by atoms with E-state index in [1.54, 1.807) is 33.8 Å². The van der Waals surface area contributed by atoms with E-state index < -0.39 is 15.9 Å². The van der Waals surface area contributed by atoms with Crippen LogP contribution in [-0.4, -0.2) is 41.9 Å². The molecule has 0 saturated carbocycles. The van der Waals surface area contributed by atoms with Crippen LogP contribution in [0.2, 0.25) is 0 Å². The number of carbonyl (C=O) groups is 1. The Balaban J connectivity index is 2.36. The average Bonchev–Trinajstić information content (AvgIpc) is 2.93. The number of amides is 1. The van der Waals surface area contributed by atoms with Crippen LogP contribution < -0.4 is 5.32 Å². The van der Waals surface area contributed by atoms with Crippen molar-refractivity contribution in [3.05, 3.63) is 34.3 Å². The predicted molar refractivity (Wildman–Crippen MR) is 93.9 cm³/mol. The highest BCUT2D eigenvalue weighted by Crippen LogP contribution is 2.21. The van der Waals surface area contributed by atoms with Gasteiger partial charge in [0.15, 0.2) is 0 Å². The number of anilines is 1. The van der Waals surface area contributed by atoms with Gasteiger partial charge in [-0.25, -0.2) is 8.42 Å². The molecule has 1 heterocycles. The molecule has 0 bridgehead atoms. The van der Waals surface area contributed by atoms with Crippen LogP contribution in [0.5, 0.6) is 0 Å². The third kappa shape index (κ3) is 3.80. The van der Waals surface area contributed by atoms with Gasteiger partial charge in [0.2, 0.25) is 15.2 Å². The van der Waals surface area contributed by atoms with Gasteiger partial charge in [0.05, 0.1) is 4.90 Å². The third-order valence-corrected chi connectivity index (χ3v) is 6.34. The number of benzene rings is 1. The minimum atomic E-state index is -3.61. The molecule has 0 saturated heterocycles. The van der Waals surface area contributed by atoms with Crippen LogP contribution in [0.1, 0.15) is 34.8 Å². The van der Waals surface area contributed by atoms with Gasteiger partial charge in [-0.15, -0.1) is 10.2 Å². The van der Waals surface area contributed by atoms with Gasteiger partial charge in [0.25, 0.3) is 5.91 Å². The SMILES string of the molecule is CCN(CC)S(=O)(=O)c1ccc(C)c(C(=O)Nc2nnc(C)s2)c1. The van der Waals surface area contributed by atoms with Crippen LogP contribution in [-0.2, 0) is 10.0 Å². The Hall–Kier alpha value is -1.84. The number of aromatic nitrogens is 2. The molecule has 1 aromatic heterocycles. The van der Waals surface area contributed by atoms with Gasteiger partial charge in [-0.3, -0.25) is 10.1 Å². The first-order valence-corrected chi connectivity index (χ1v) is 9.77. The molecule has 130 valence electrons. The Bertz CT molecular complexity index is 842. The third-order valence-electron chi connectivity index (χ3n) is 3.54. The van der Waals surface area contributed by atoms with E-state index in [1.807, 2.05) is 0 Å². The highest BCUT2D eigenvalue weighted by atomic mass is 32.2. The fourth-order valence-corrected chi connectivity index (χ4v) is 4.30. The second kappa shape index (κ2) is 7.37. The second-order valence-electron chi connectivity index (χ2n) is 5.15. The van der Waals surface area contributed by atoms with Crippen LogP contribution in [0.3, 0.4) is 0 Å². The topological polar surface area (TPSA) is 92.3 Å². The number of sulfonamides is 1. The van der Waals surface area contributed by atoms with Gasteiger partial charge in [-0.2, -0.15) is 4.31 Å². The molecule has 0 spiro atoms. The number of aryl methyl sites for hydroxylation is 2. The van der Waals surface area contributed by atoms with Crippen LogP contribution >= 0.6 is 11.3 Å². The maximum absolute atomic E-state index is 12.6. The molecule has 9 heteroatoms. The Labute approximate surface area is 145 Å². The summed E-state index contributed by atoms with van der Waals surface area (Å²) in [5, 5.41) is 11.5. The highest BCUT2D eigenvalue weighted by Gasteiger charge is 2.23. The van der Waals surface area contributed by atoms with E-state index in [2.05, 4.69) is 15.5 Å². The quantitative estimate of drug-likeness (QED) is 0.845. The molecule has 0 radical (unpaired) electrons. The lowest BCUT2D eigenvalue weighted by atomic mass is 10.1. The molecule has 0 aliphatic carbocycles. The maximum Gasteiger partial charge on any atom is 0.257 e. The first kappa shape index (κ1) is 18.5. The minimum Gasteiger partial charge on any atom is -0.296 e. The van der Waals surface area contributed by atoms with Crippen LogP contribution in [0.4, 0.5) is 5.13 Å². The number of rotatable bonds is 6. The highest BCUT2D eigenvalue weighted by molar-refractivity contribution is 7.89. The summed E-state index contributed by atoms with van der Waals surface area (Å²) in [5.41, 5.74) is 0.989. The molecular formula is C15H20N4O3S2. The largest absolute Gasteiger partial charge is 0.296 e. The zero-order chi connectivity index (χ0) is 17.9. The fraction of sp³-hybridized carbons (Fsp3) is 0.400. The number of hydrogen-bond donors (Lipinski definition) is 1. The summed E-state index contributed by atoms with van der Waals surface area (Å²) in [4.78, 5) is 12.6. The molecule has 1 aromatic carbocycles. The lowest BCUT2D eigenvalue weighted by molar-refractivity contribution is 0.102. The molecule has 0 unspecified atom stereocenters. The Morgan fingerprint density at radius 1 is 1.21 bits per heavy atom. The van der Waals surface area contributed by atoms with Gasteiger partial charge in [-0.05, 0) is 31.5 Å². The molecule has 24 heavy (non-hydrogen) atoms. The van der Waals surface area contributed by atoms with Crippen molar-refractivity contribution in [2.24, 2.45) is 0 Å². The van der Waals surface area contributed by atoms with Crippen LogP contribution in [0.25, 0.3) is 0 Å². The Morgan fingerprint density at radius 2 is 1.88 bits per heavy atom. The fourth-order valence-electron chi connectivity index (χ4n) is 2.23. The number of nitrogens with one attached hydrogen (secondary N) is 1. The van der Waals surface area contributed by atoms with Crippen LogP contribution in [0, 0.1) is 13.8 Å².